The van der Waals surface area contributed by atoms with Crippen molar-refractivity contribution in [2.75, 3.05) is 50.7 Å². The highest BCUT2D eigenvalue weighted by molar-refractivity contribution is 6.06. The lowest BCUT2D eigenvalue weighted by molar-refractivity contribution is -0.384. The molecule has 148 valence electrons. The maximum atomic E-state index is 12.8. The van der Waals surface area contributed by atoms with Crippen molar-refractivity contribution in [3.63, 3.8) is 0 Å². The Morgan fingerprint density at radius 1 is 1.11 bits per heavy atom. The van der Waals surface area contributed by atoms with Crippen LogP contribution in [0.1, 0.15) is 10.4 Å². The molecule has 0 bridgehead atoms. The van der Waals surface area contributed by atoms with E-state index in [2.05, 4.69) is 5.32 Å². The van der Waals surface area contributed by atoms with Gasteiger partial charge < -0.3 is 24.4 Å². The van der Waals surface area contributed by atoms with Crippen LogP contribution in [0.2, 0.25) is 0 Å². The lowest BCUT2D eigenvalue weighted by Gasteiger charge is -2.30. The van der Waals surface area contributed by atoms with E-state index in [1.54, 1.807) is 18.2 Å². The molecule has 1 heterocycles. The molecule has 0 saturated carbocycles. The molecular formula is C19H21N3O6. The molecule has 9 heteroatoms. The number of carbonyl (C=O) groups is 1. The lowest BCUT2D eigenvalue weighted by atomic mass is 10.1. The summed E-state index contributed by atoms with van der Waals surface area (Å²) >= 11 is 0. The average molecular weight is 387 g/mol. The SMILES string of the molecule is COc1cc(OC)cc(C(=O)Nc2ccc([N+](=O)[O-])cc2N2CCOCC2)c1. The minimum atomic E-state index is -0.456. The molecule has 0 atom stereocenters. The number of morpholine rings is 1. The number of hydrogen-bond acceptors (Lipinski definition) is 7. The Morgan fingerprint density at radius 3 is 2.32 bits per heavy atom. The topological polar surface area (TPSA) is 103 Å². The number of carbonyl (C=O) groups excluding carboxylic acids is 1. The number of hydrogen-bond donors (Lipinski definition) is 1. The summed E-state index contributed by atoms with van der Waals surface area (Å²) in [5.41, 5.74) is 1.38. The molecule has 0 aromatic heterocycles. The van der Waals surface area contributed by atoms with Crippen LogP contribution in [0.5, 0.6) is 11.5 Å². The third kappa shape index (κ3) is 4.32. The highest BCUT2D eigenvalue weighted by Crippen LogP contribution is 2.32. The quantitative estimate of drug-likeness (QED) is 0.600. The van der Waals surface area contributed by atoms with Gasteiger partial charge in [0.25, 0.3) is 11.6 Å². The van der Waals surface area contributed by atoms with Crippen LogP contribution >= 0.6 is 0 Å². The molecule has 1 saturated heterocycles. The van der Waals surface area contributed by atoms with E-state index in [1.807, 2.05) is 4.90 Å². The number of rotatable bonds is 6. The zero-order chi connectivity index (χ0) is 20.1. The molecule has 28 heavy (non-hydrogen) atoms. The maximum Gasteiger partial charge on any atom is 0.271 e. The van der Waals surface area contributed by atoms with Crippen LogP contribution in [-0.4, -0.2) is 51.4 Å². The van der Waals surface area contributed by atoms with Gasteiger partial charge in [-0.1, -0.05) is 0 Å². The number of non-ortho nitro benzene ring substituents is 1. The summed E-state index contributed by atoms with van der Waals surface area (Å²) in [6.45, 7) is 2.19. The van der Waals surface area contributed by atoms with E-state index in [-0.39, 0.29) is 11.6 Å². The van der Waals surface area contributed by atoms with Crippen LogP contribution < -0.4 is 19.7 Å². The maximum absolute atomic E-state index is 12.8. The van der Waals surface area contributed by atoms with Crippen molar-refractivity contribution in [2.45, 2.75) is 0 Å². The number of nitro benzene ring substituents is 1. The van der Waals surface area contributed by atoms with Crippen molar-refractivity contribution in [2.24, 2.45) is 0 Å². The van der Waals surface area contributed by atoms with Gasteiger partial charge in [0.1, 0.15) is 11.5 Å². The first kappa shape index (κ1) is 19.4. The third-order valence-corrected chi connectivity index (χ3v) is 4.41. The van der Waals surface area contributed by atoms with Crippen molar-refractivity contribution in [3.05, 3.63) is 52.1 Å². The van der Waals surface area contributed by atoms with Gasteiger partial charge in [-0.25, -0.2) is 0 Å². The number of nitrogens with zero attached hydrogens (tertiary/aromatic N) is 2. The number of nitrogens with one attached hydrogen (secondary N) is 1. The second kappa shape index (κ2) is 8.57. The number of benzene rings is 2. The van der Waals surface area contributed by atoms with Gasteiger partial charge in [0, 0.05) is 36.9 Å². The summed E-state index contributed by atoms with van der Waals surface area (Å²) in [6, 6.07) is 9.23. The molecule has 0 spiro atoms. The highest BCUT2D eigenvalue weighted by atomic mass is 16.6. The van der Waals surface area contributed by atoms with Crippen molar-refractivity contribution in [3.8, 4) is 11.5 Å². The Morgan fingerprint density at radius 2 is 1.75 bits per heavy atom. The molecule has 1 aliphatic rings. The number of nitro groups is 1. The molecular weight excluding hydrogens is 366 g/mol. The van der Waals surface area contributed by atoms with E-state index >= 15 is 0 Å². The average Bonchev–Trinajstić information content (AvgIpc) is 2.73. The molecule has 0 aliphatic carbocycles. The van der Waals surface area contributed by atoms with Crippen LogP contribution in [0.3, 0.4) is 0 Å². The predicted octanol–water partition coefficient (Wildman–Crippen LogP) is 2.70. The van der Waals surface area contributed by atoms with Crippen molar-refractivity contribution in [1.82, 2.24) is 0 Å². The van der Waals surface area contributed by atoms with Crippen LogP contribution in [0.15, 0.2) is 36.4 Å². The van der Waals surface area contributed by atoms with Gasteiger partial charge in [-0.3, -0.25) is 14.9 Å². The number of anilines is 2. The fourth-order valence-corrected chi connectivity index (χ4v) is 2.94. The lowest BCUT2D eigenvalue weighted by Crippen LogP contribution is -2.36. The molecule has 1 aliphatic heterocycles. The minimum absolute atomic E-state index is 0.0393. The molecule has 1 fully saturated rings. The fourth-order valence-electron chi connectivity index (χ4n) is 2.94. The number of amides is 1. The Balaban J connectivity index is 1.92. The van der Waals surface area contributed by atoms with Gasteiger partial charge in [-0.2, -0.15) is 0 Å². The first-order valence-corrected chi connectivity index (χ1v) is 8.67. The molecule has 0 radical (unpaired) electrons. The zero-order valence-corrected chi connectivity index (χ0v) is 15.6. The summed E-state index contributed by atoms with van der Waals surface area (Å²) in [6.07, 6.45) is 0. The first-order chi connectivity index (χ1) is 13.5. The molecule has 2 aromatic carbocycles. The Labute approximate surface area is 162 Å². The molecule has 1 amide bonds. The van der Waals surface area contributed by atoms with Crippen molar-refractivity contribution >= 4 is 23.0 Å². The monoisotopic (exact) mass is 387 g/mol. The minimum Gasteiger partial charge on any atom is -0.497 e. The Kier molecular flexibility index (Phi) is 5.95. The van der Waals surface area contributed by atoms with E-state index in [0.717, 1.165) is 0 Å². The van der Waals surface area contributed by atoms with Gasteiger partial charge in [0.15, 0.2) is 0 Å². The summed E-state index contributed by atoms with van der Waals surface area (Å²) in [4.78, 5) is 25.5. The van der Waals surface area contributed by atoms with Gasteiger partial charge in [-0.05, 0) is 18.2 Å². The van der Waals surface area contributed by atoms with E-state index in [0.29, 0.717) is 54.7 Å². The second-order valence-corrected chi connectivity index (χ2v) is 6.11. The second-order valence-electron chi connectivity index (χ2n) is 6.11. The van der Waals surface area contributed by atoms with Crippen molar-refractivity contribution < 1.29 is 23.9 Å². The van der Waals surface area contributed by atoms with Crippen LogP contribution in [0, 0.1) is 10.1 Å². The number of ether oxygens (including phenoxy) is 3. The number of methoxy groups -OCH3 is 2. The summed E-state index contributed by atoms with van der Waals surface area (Å²) in [7, 11) is 3.01. The van der Waals surface area contributed by atoms with E-state index in [9.17, 15) is 14.9 Å². The van der Waals surface area contributed by atoms with Gasteiger partial charge >= 0.3 is 0 Å². The van der Waals surface area contributed by atoms with E-state index < -0.39 is 4.92 Å². The van der Waals surface area contributed by atoms with Crippen LogP contribution in [-0.2, 0) is 4.74 Å². The van der Waals surface area contributed by atoms with Crippen molar-refractivity contribution in [1.29, 1.82) is 0 Å². The van der Waals surface area contributed by atoms with Gasteiger partial charge in [0.2, 0.25) is 0 Å². The van der Waals surface area contributed by atoms with Gasteiger partial charge in [-0.15, -0.1) is 0 Å². The molecule has 1 N–H and O–H groups in total. The van der Waals surface area contributed by atoms with Crippen LogP contribution in [0.4, 0.5) is 17.1 Å². The highest BCUT2D eigenvalue weighted by Gasteiger charge is 2.20. The molecule has 2 aromatic rings. The van der Waals surface area contributed by atoms with Gasteiger partial charge in [0.05, 0.1) is 43.7 Å². The van der Waals surface area contributed by atoms with Crippen LogP contribution in [0.25, 0.3) is 0 Å². The summed E-state index contributed by atoms with van der Waals surface area (Å²) < 4.78 is 15.8. The largest absolute Gasteiger partial charge is 0.497 e. The van der Waals surface area contributed by atoms with E-state index in [1.165, 1.54) is 32.4 Å². The fraction of sp³-hybridized carbons (Fsp3) is 0.316. The standard InChI is InChI=1S/C19H21N3O6/c1-26-15-9-13(10-16(12-15)27-2)19(23)20-17-4-3-14(22(24)25)11-18(17)21-5-7-28-8-6-21/h3-4,9-12H,5-8H2,1-2H3,(H,20,23). The molecule has 9 nitrogen and oxygen atoms in total. The smallest absolute Gasteiger partial charge is 0.271 e. The molecule has 0 unspecified atom stereocenters. The third-order valence-electron chi connectivity index (χ3n) is 4.41. The summed E-state index contributed by atoms with van der Waals surface area (Å²) in [5.74, 6) is 0.601. The molecule has 3 rings (SSSR count). The Bertz CT molecular complexity index is 858. The van der Waals surface area contributed by atoms with E-state index in [4.69, 9.17) is 14.2 Å². The Hall–Kier alpha value is -3.33. The predicted molar refractivity (Wildman–Crippen MR) is 104 cm³/mol. The zero-order valence-electron chi connectivity index (χ0n) is 15.6. The summed E-state index contributed by atoms with van der Waals surface area (Å²) in [5, 5.41) is 14.0. The normalized spacial score (nSPS) is 13.7. The first-order valence-electron chi connectivity index (χ1n) is 8.67.